The molecule has 0 aliphatic carbocycles. The van der Waals surface area contributed by atoms with E-state index in [1.807, 2.05) is 6.07 Å². The van der Waals surface area contributed by atoms with Crippen LogP contribution < -0.4 is 10.2 Å². The van der Waals surface area contributed by atoms with Gasteiger partial charge in [-0.25, -0.2) is 0 Å². The van der Waals surface area contributed by atoms with Crippen molar-refractivity contribution in [1.82, 2.24) is 0 Å². The SMILES string of the molecule is N#Cc1c(N2CCOCC2)sc(NCCO)c1-c1ccc(Cl)cc1Cl. The molecule has 1 aliphatic heterocycles. The summed E-state index contributed by atoms with van der Waals surface area (Å²) < 4.78 is 5.41. The molecule has 132 valence electrons. The fourth-order valence-electron chi connectivity index (χ4n) is 2.76. The fraction of sp³-hybridized carbons (Fsp3) is 0.353. The zero-order valence-corrected chi connectivity index (χ0v) is 15.7. The van der Waals surface area contributed by atoms with Crippen LogP contribution in [0, 0.1) is 11.3 Å². The summed E-state index contributed by atoms with van der Waals surface area (Å²) in [7, 11) is 0. The first-order valence-corrected chi connectivity index (χ1v) is 9.42. The van der Waals surface area contributed by atoms with Crippen molar-refractivity contribution in [2.45, 2.75) is 0 Å². The monoisotopic (exact) mass is 397 g/mol. The third kappa shape index (κ3) is 3.86. The third-order valence-electron chi connectivity index (χ3n) is 3.90. The van der Waals surface area contributed by atoms with Crippen molar-refractivity contribution < 1.29 is 9.84 Å². The number of anilines is 2. The van der Waals surface area contributed by atoms with Gasteiger partial charge in [-0.3, -0.25) is 0 Å². The molecule has 2 N–H and O–H groups in total. The maximum atomic E-state index is 9.83. The minimum absolute atomic E-state index is 0.000461. The number of nitrogens with zero attached hydrogens (tertiary/aromatic N) is 2. The lowest BCUT2D eigenvalue weighted by atomic mass is 10.0. The molecule has 0 atom stereocenters. The van der Waals surface area contributed by atoms with Crippen LogP contribution in [0.3, 0.4) is 0 Å². The maximum Gasteiger partial charge on any atom is 0.112 e. The van der Waals surface area contributed by atoms with E-state index in [-0.39, 0.29) is 6.61 Å². The number of aliphatic hydroxyl groups excluding tert-OH is 1. The van der Waals surface area contributed by atoms with Crippen molar-refractivity contribution in [3.8, 4) is 17.2 Å². The number of benzene rings is 1. The van der Waals surface area contributed by atoms with Crippen LogP contribution in [0.1, 0.15) is 5.56 Å². The van der Waals surface area contributed by atoms with E-state index in [1.54, 1.807) is 12.1 Å². The Morgan fingerprint density at radius 2 is 2.08 bits per heavy atom. The van der Waals surface area contributed by atoms with Gasteiger partial charge in [0, 0.05) is 35.8 Å². The largest absolute Gasteiger partial charge is 0.395 e. The quantitative estimate of drug-likeness (QED) is 0.801. The van der Waals surface area contributed by atoms with Gasteiger partial charge in [0.05, 0.1) is 35.4 Å². The molecule has 1 fully saturated rings. The summed E-state index contributed by atoms with van der Waals surface area (Å²) in [5.74, 6) is 0. The van der Waals surface area contributed by atoms with Gasteiger partial charge in [-0.15, -0.1) is 0 Å². The average molecular weight is 398 g/mol. The molecule has 2 heterocycles. The van der Waals surface area contributed by atoms with E-state index in [2.05, 4.69) is 16.3 Å². The number of nitrogens with one attached hydrogen (secondary N) is 1. The Labute approximate surface area is 160 Å². The first-order chi connectivity index (χ1) is 12.2. The first kappa shape index (κ1) is 18.3. The van der Waals surface area contributed by atoms with Gasteiger partial charge < -0.3 is 20.1 Å². The van der Waals surface area contributed by atoms with Crippen LogP contribution in [0.25, 0.3) is 11.1 Å². The van der Waals surface area contributed by atoms with E-state index in [1.165, 1.54) is 11.3 Å². The second kappa shape index (κ2) is 8.26. The van der Waals surface area contributed by atoms with E-state index in [4.69, 9.17) is 33.0 Å². The molecule has 0 radical (unpaired) electrons. The molecule has 8 heteroatoms. The third-order valence-corrected chi connectivity index (χ3v) is 5.65. The summed E-state index contributed by atoms with van der Waals surface area (Å²) in [6, 6.07) is 7.58. The van der Waals surface area contributed by atoms with Crippen molar-refractivity contribution in [1.29, 1.82) is 5.26 Å². The lowest BCUT2D eigenvalue weighted by Gasteiger charge is -2.27. The molecule has 0 unspecified atom stereocenters. The topological polar surface area (TPSA) is 68.5 Å². The standard InChI is InChI=1S/C17H17Cl2N3O2S/c18-11-1-2-12(14(19)9-11)15-13(10-20)17(22-4-7-24-8-5-22)25-16(15)21-3-6-23/h1-2,9,21,23H,3-8H2. The van der Waals surface area contributed by atoms with E-state index >= 15 is 0 Å². The minimum Gasteiger partial charge on any atom is -0.395 e. The van der Waals surface area contributed by atoms with Crippen molar-refractivity contribution in [3.05, 3.63) is 33.8 Å². The predicted octanol–water partition coefficient (Wildman–Crippen LogP) is 3.83. The molecular formula is C17H17Cl2N3O2S. The summed E-state index contributed by atoms with van der Waals surface area (Å²) in [4.78, 5) is 2.16. The van der Waals surface area contributed by atoms with E-state index in [0.717, 1.165) is 34.2 Å². The predicted molar refractivity (Wildman–Crippen MR) is 103 cm³/mol. The molecule has 0 spiro atoms. The summed E-state index contributed by atoms with van der Waals surface area (Å²) in [6.45, 7) is 3.15. The van der Waals surface area contributed by atoms with Gasteiger partial charge in [0.2, 0.25) is 0 Å². The zero-order valence-electron chi connectivity index (χ0n) is 13.4. The smallest absolute Gasteiger partial charge is 0.112 e. The van der Waals surface area contributed by atoms with E-state index in [9.17, 15) is 5.26 Å². The van der Waals surface area contributed by atoms with Gasteiger partial charge in [-0.2, -0.15) is 5.26 Å². The fourth-order valence-corrected chi connectivity index (χ4v) is 4.50. The Morgan fingerprint density at radius 3 is 2.72 bits per heavy atom. The highest BCUT2D eigenvalue weighted by atomic mass is 35.5. The van der Waals surface area contributed by atoms with Crippen LogP contribution in [-0.4, -0.2) is 44.6 Å². The number of morpholine rings is 1. The second-order valence-electron chi connectivity index (χ2n) is 5.47. The summed E-state index contributed by atoms with van der Waals surface area (Å²) in [5.41, 5.74) is 2.08. The molecule has 1 aliphatic rings. The normalized spacial score (nSPS) is 14.4. The summed E-state index contributed by atoms with van der Waals surface area (Å²) in [5, 5.41) is 24.9. The molecule has 0 bridgehead atoms. The molecule has 1 saturated heterocycles. The molecule has 0 saturated carbocycles. The molecule has 3 rings (SSSR count). The number of halogens is 2. The Kier molecular flexibility index (Phi) is 6.05. The maximum absolute atomic E-state index is 9.83. The number of hydrogen-bond acceptors (Lipinski definition) is 6. The average Bonchev–Trinajstić information content (AvgIpc) is 2.99. The van der Waals surface area contributed by atoms with Gasteiger partial charge in [-0.05, 0) is 12.1 Å². The number of aliphatic hydroxyl groups is 1. The number of nitriles is 1. The van der Waals surface area contributed by atoms with Crippen LogP contribution >= 0.6 is 34.5 Å². The van der Waals surface area contributed by atoms with E-state index < -0.39 is 0 Å². The van der Waals surface area contributed by atoms with Crippen LogP contribution in [0.5, 0.6) is 0 Å². The Balaban J connectivity index is 2.13. The van der Waals surface area contributed by atoms with Crippen LogP contribution in [-0.2, 0) is 4.74 Å². The van der Waals surface area contributed by atoms with E-state index in [0.29, 0.717) is 35.4 Å². The molecule has 2 aromatic rings. The van der Waals surface area contributed by atoms with Crippen LogP contribution in [0.4, 0.5) is 10.0 Å². The highest BCUT2D eigenvalue weighted by Crippen LogP contribution is 2.47. The molecule has 5 nitrogen and oxygen atoms in total. The van der Waals surface area contributed by atoms with Gasteiger partial charge in [0.1, 0.15) is 11.1 Å². The van der Waals surface area contributed by atoms with Gasteiger partial charge in [0.15, 0.2) is 0 Å². The molecule has 25 heavy (non-hydrogen) atoms. The van der Waals surface area contributed by atoms with Crippen molar-refractivity contribution >= 4 is 44.5 Å². The second-order valence-corrected chi connectivity index (χ2v) is 7.31. The van der Waals surface area contributed by atoms with Gasteiger partial charge in [0.25, 0.3) is 0 Å². The van der Waals surface area contributed by atoms with Crippen molar-refractivity contribution in [2.75, 3.05) is 49.7 Å². The summed E-state index contributed by atoms with van der Waals surface area (Å²) in [6.07, 6.45) is 0. The lowest BCUT2D eigenvalue weighted by molar-refractivity contribution is 0.123. The Morgan fingerprint density at radius 1 is 1.32 bits per heavy atom. The summed E-state index contributed by atoms with van der Waals surface area (Å²) >= 11 is 13.9. The number of rotatable bonds is 5. The van der Waals surface area contributed by atoms with Gasteiger partial charge >= 0.3 is 0 Å². The van der Waals surface area contributed by atoms with Crippen molar-refractivity contribution in [2.24, 2.45) is 0 Å². The lowest BCUT2D eigenvalue weighted by Crippen LogP contribution is -2.36. The number of hydrogen-bond donors (Lipinski definition) is 2. The molecule has 1 aromatic carbocycles. The minimum atomic E-state index is 0.000461. The molecular weight excluding hydrogens is 381 g/mol. The molecule has 0 amide bonds. The van der Waals surface area contributed by atoms with Crippen molar-refractivity contribution in [3.63, 3.8) is 0 Å². The zero-order chi connectivity index (χ0) is 17.8. The highest BCUT2D eigenvalue weighted by molar-refractivity contribution is 7.21. The first-order valence-electron chi connectivity index (χ1n) is 7.85. The van der Waals surface area contributed by atoms with Crippen LogP contribution in [0.15, 0.2) is 18.2 Å². The highest BCUT2D eigenvalue weighted by Gasteiger charge is 2.25. The van der Waals surface area contributed by atoms with Gasteiger partial charge in [-0.1, -0.05) is 40.6 Å². The Bertz CT molecular complexity index is 798. The van der Waals surface area contributed by atoms with Crippen LogP contribution in [0.2, 0.25) is 10.0 Å². The number of thiophene rings is 1. The number of ether oxygens (including phenoxy) is 1. The molecule has 1 aromatic heterocycles. The Hall–Kier alpha value is -1.49.